The number of benzene rings is 5. The monoisotopic (exact) mass is 564 g/mol. The van der Waals surface area contributed by atoms with Crippen molar-refractivity contribution in [2.45, 2.75) is 12.6 Å². The van der Waals surface area contributed by atoms with E-state index in [4.69, 9.17) is 10.2 Å². The first-order valence-electron chi connectivity index (χ1n) is 14.1. The van der Waals surface area contributed by atoms with Gasteiger partial charge in [0.05, 0.1) is 16.3 Å². The van der Waals surface area contributed by atoms with Crippen molar-refractivity contribution in [3.8, 4) is 0 Å². The zero-order valence-electron chi connectivity index (χ0n) is 23.5. The Hall–Kier alpha value is -5.76. The molecule has 0 saturated carbocycles. The van der Waals surface area contributed by atoms with Gasteiger partial charge in [0, 0.05) is 28.8 Å². The van der Waals surface area contributed by atoms with E-state index >= 15 is 0 Å². The first kappa shape index (κ1) is 26.2. The highest BCUT2D eigenvalue weighted by atomic mass is 16.6. The van der Waals surface area contributed by atoms with E-state index < -0.39 is 5.66 Å². The van der Waals surface area contributed by atoms with E-state index in [0.29, 0.717) is 12.4 Å². The number of aryl methyl sites for hydroxylation is 1. The molecule has 210 valence electrons. The number of rotatable bonds is 6. The molecule has 7 rings (SSSR count). The maximum absolute atomic E-state index is 11.5. The molecule has 0 radical (unpaired) electrons. The molecule has 2 heterocycles. The molecule has 2 aliphatic heterocycles. The van der Waals surface area contributed by atoms with Gasteiger partial charge < -0.3 is 4.90 Å². The lowest BCUT2D eigenvalue weighted by Gasteiger charge is -2.49. The van der Waals surface area contributed by atoms with Crippen molar-refractivity contribution in [3.05, 3.63) is 172 Å². The molecular formula is C35H28N6O2. The van der Waals surface area contributed by atoms with Crippen LogP contribution >= 0.6 is 0 Å². The summed E-state index contributed by atoms with van der Waals surface area (Å²) in [4.78, 5) is 13.4. The van der Waals surface area contributed by atoms with Crippen LogP contribution in [-0.2, 0) is 5.66 Å². The van der Waals surface area contributed by atoms with Gasteiger partial charge in [0.1, 0.15) is 12.4 Å². The van der Waals surface area contributed by atoms with Gasteiger partial charge in [0.15, 0.2) is 5.84 Å². The fraction of sp³-hybridized carbons (Fsp3) is 0.0857. The number of hydrogen-bond acceptors (Lipinski definition) is 7. The maximum Gasteiger partial charge on any atom is 0.269 e. The van der Waals surface area contributed by atoms with Gasteiger partial charge in [-0.15, -0.1) is 0 Å². The molecule has 43 heavy (non-hydrogen) atoms. The zero-order chi connectivity index (χ0) is 29.4. The number of nitro groups is 1. The number of fused-ring (bicyclic) bond motifs is 1. The molecule has 0 spiro atoms. The number of non-ortho nitro benzene ring substituents is 1. The number of nitrogens with zero attached hydrogens (tertiary/aromatic N) is 6. The molecule has 0 aliphatic carbocycles. The molecule has 1 atom stereocenters. The second-order valence-corrected chi connectivity index (χ2v) is 10.5. The lowest BCUT2D eigenvalue weighted by molar-refractivity contribution is -0.384. The Morgan fingerprint density at radius 1 is 0.674 bits per heavy atom. The summed E-state index contributed by atoms with van der Waals surface area (Å²) in [6.45, 7) is 2.48. The van der Waals surface area contributed by atoms with Crippen LogP contribution in [0.3, 0.4) is 0 Å². The van der Waals surface area contributed by atoms with E-state index in [1.54, 1.807) is 12.1 Å². The van der Waals surface area contributed by atoms with E-state index in [2.05, 4.69) is 72.5 Å². The third-order valence-electron chi connectivity index (χ3n) is 7.87. The van der Waals surface area contributed by atoms with Crippen LogP contribution in [0.15, 0.2) is 150 Å². The van der Waals surface area contributed by atoms with Crippen LogP contribution in [-0.4, -0.2) is 28.0 Å². The van der Waals surface area contributed by atoms with Crippen molar-refractivity contribution in [2.75, 3.05) is 16.7 Å². The van der Waals surface area contributed by atoms with Crippen LogP contribution in [0.1, 0.15) is 22.3 Å². The Labute approximate surface area is 249 Å². The summed E-state index contributed by atoms with van der Waals surface area (Å²) < 4.78 is 0. The minimum Gasteiger partial charge on any atom is -0.301 e. The molecule has 0 unspecified atom stereocenters. The largest absolute Gasteiger partial charge is 0.301 e. The summed E-state index contributed by atoms with van der Waals surface area (Å²) in [5.41, 5.74) is 5.48. The van der Waals surface area contributed by atoms with Crippen molar-refractivity contribution >= 4 is 28.6 Å². The Morgan fingerprint density at radius 3 is 1.84 bits per heavy atom. The van der Waals surface area contributed by atoms with E-state index in [9.17, 15) is 10.1 Å². The van der Waals surface area contributed by atoms with Crippen molar-refractivity contribution in [1.82, 2.24) is 4.90 Å². The van der Waals surface area contributed by atoms with Crippen LogP contribution in [0.5, 0.6) is 0 Å². The number of amidine groups is 1. The second-order valence-electron chi connectivity index (χ2n) is 10.5. The van der Waals surface area contributed by atoms with Crippen molar-refractivity contribution in [2.24, 2.45) is 10.2 Å². The molecular weight excluding hydrogens is 536 g/mol. The van der Waals surface area contributed by atoms with Gasteiger partial charge in [-0.25, -0.2) is 10.0 Å². The van der Waals surface area contributed by atoms with Gasteiger partial charge in [-0.3, -0.25) is 10.1 Å². The highest BCUT2D eigenvalue weighted by Gasteiger charge is 2.58. The minimum absolute atomic E-state index is 0.0203. The van der Waals surface area contributed by atoms with Crippen LogP contribution in [0, 0.1) is 17.0 Å². The Balaban J connectivity index is 1.54. The number of hydrogen-bond donors (Lipinski definition) is 0. The summed E-state index contributed by atoms with van der Waals surface area (Å²) in [5, 5.41) is 26.2. The summed E-state index contributed by atoms with van der Waals surface area (Å²) in [6, 6.07) is 45.4. The third-order valence-corrected chi connectivity index (χ3v) is 7.87. The fourth-order valence-corrected chi connectivity index (χ4v) is 5.80. The van der Waals surface area contributed by atoms with Gasteiger partial charge in [0.2, 0.25) is 5.66 Å². The fourth-order valence-electron chi connectivity index (χ4n) is 5.80. The van der Waals surface area contributed by atoms with Gasteiger partial charge in [-0.1, -0.05) is 109 Å². The van der Waals surface area contributed by atoms with Crippen LogP contribution in [0.4, 0.5) is 17.1 Å². The highest BCUT2D eigenvalue weighted by Crippen LogP contribution is 2.47. The van der Waals surface area contributed by atoms with Crippen LogP contribution < -0.4 is 10.0 Å². The molecule has 0 saturated heterocycles. The summed E-state index contributed by atoms with van der Waals surface area (Å²) in [7, 11) is 0. The molecule has 0 aromatic heterocycles. The summed E-state index contributed by atoms with van der Waals surface area (Å²) >= 11 is 0. The topological polar surface area (TPSA) is 77.6 Å². The predicted molar refractivity (Wildman–Crippen MR) is 170 cm³/mol. The Morgan fingerprint density at radius 2 is 1.23 bits per heavy atom. The van der Waals surface area contributed by atoms with Crippen LogP contribution in [0.25, 0.3) is 0 Å². The smallest absolute Gasteiger partial charge is 0.269 e. The normalized spacial score (nSPS) is 17.7. The average molecular weight is 565 g/mol. The molecule has 5 aromatic rings. The van der Waals surface area contributed by atoms with E-state index in [1.807, 2.05) is 64.6 Å². The van der Waals surface area contributed by atoms with E-state index in [0.717, 1.165) is 33.9 Å². The lowest BCUT2D eigenvalue weighted by Crippen LogP contribution is -2.64. The maximum atomic E-state index is 11.5. The lowest BCUT2D eigenvalue weighted by atomic mass is 9.86. The van der Waals surface area contributed by atoms with Crippen LogP contribution in [0.2, 0.25) is 0 Å². The zero-order valence-corrected chi connectivity index (χ0v) is 23.5. The van der Waals surface area contributed by atoms with E-state index in [-0.39, 0.29) is 10.6 Å². The molecule has 2 aliphatic rings. The van der Waals surface area contributed by atoms with Gasteiger partial charge in [-0.2, -0.15) is 10.2 Å². The van der Waals surface area contributed by atoms with Crippen molar-refractivity contribution in [3.63, 3.8) is 0 Å². The second kappa shape index (κ2) is 10.6. The minimum atomic E-state index is -1.01. The number of anilines is 2. The summed E-state index contributed by atoms with van der Waals surface area (Å²) in [5.74, 6) is 0.767. The Bertz CT molecular complexity index is 1830. The summed E-state index contributed by atoms with van der Waals surface area (Å²) in [6.07, 6.45) is 0. The van der Waals surface area contributed by atoms with Gasteiger partial charge in [-0.05, 0) is 31.2 Å². The first-order valence-corrected chi connectivity index (χ1v) is 14.1. The number of nitro benzene ring substituents is 1. The average Bonchev–Trinajstić information content (AvgIpc) is 3.42. The molecule has 8 heteroatoms. The molecule has 0 N–H and O–H groups in total. The van der Waals surface area contributed by atoms with Crippen molar-refractivity contribution in [1.29, 1.82) is 0 Å². The van der Waals surface area contributed by atoms with Crippen molar-refractivity contribution < 1.29 is 4.92 Å². The SMILES string of the molecule is Cc1ccc(N2CN3C(c4ccccc4)=NN(c4ccc([N+](=O)[O-])cc4)[C@]3(c3ccccc3)C(c3ccccc3)=N2)cc1. The van der Waals surface area contributed by atoms with Gasteiger partial charge >= 0.3 is 0 Å². The number of hydrazone groups is 2. The molecule has 0 bridgehead atoms. The standard InChI is InChI=1S/C35H28N6O2/c1-26-17-19-30(20-18-26)39-25-38-34(28-13-7-3-8-14-28)37-40(31-21-23-32(24-22-31)41(42)43)35(38,29-15-9-4-10-16-29)33(36-39)27-11-5-2-6-12-27/h2-24H,25H2,1H3/t35-/m1/s1. The first-order chi connectivity index (χ1) is 21.1. The third kappa shape index (κ3) is 4.40. The molecule has 8 nitrogen and oxygen atoms in total. The predicted octanol–water partition coefficient (Wildman–Crippen LogP) is 7.12. The highest BCUT2D eigenvalue weighted by molar-refractivity contribution is 6.16. The van der Waals surface area contributed by atoms with E-state index in [1.165, 1.54) is 17.7 Å². The Kier molecular flexibility index (Phi) is 6.43. The molecule has 5 aromatic carbocycles. The molecule has 0 amide bonds. The van der Waals surface area contributed by atoms with Gasteiger partial charge in [0.25, 0.3) is 5.69 Å². The molecule has 0 fully saturated rings. The quantitative estimate of drug-likeness (QED) is 0.162.